The maximum absolute atomic E-state index is 12.9. The number of para-hydroxylation sites is 1. The van der Waals surface area contributed by atoms with Crippen LogP contribution in [0.25, 0.3) is 6.08 Å². The van der Waals surface area contributed by atoms with Gasteiger partial charge in [-0.15, -0.1) is 0 Å². The van der Waals surface area contributed by atoms with Gasteiger partial charge in [0.1, 0.15) is 5.57 Å². The Morgan fingerprint density at radius 1 is 1.11 bits per heavy atom. The molecule has 0 spiro atoms. The summed E-state index contributed by atoms with van der Waals surface area (Å²) in [7, 11) is 0. The van der Waals surface area contributed by atoms with Crippen molar-refractivity contribution >= 4 is 41.2 Å². The summed E-state index contributed by atoms with van der Waals surface area (Å²) in [5.41, 5.74) is 1.31. The second-order valence-corrected chi connectivity index (χ2v) is 6.38. The summed E-state index contributed by atoms with van der Waals surface area (Å²) in [5, 5.41) is 2.47. The average molecular weight is 385 g/mol. The minimum absolute atomic E-state index is 0.0701. The average Bonchev–Trinajstić information content (AvgIpc) is 3.07. The number of nitrogens with one attached hydrogen (secondary N) is 1. The normalized spacial score (nSPS) is 17.5. The number of halogens is 1. The van der Waals surface area contributed by atoms with Crippen LogP contribution in [0.1, 0.15) is 11.1 Å². The Hall–Kier alpha value is -3.32. The van der Waals surface area contributed by atoms with Crippen LogP contribution in [0.3, 0.4) is 0 Å². The van der Waals surface area contributed by atoms with Gasteiger partial charge in [0.05, 0.1) is 10.7 Å². The molecule has 2 aliphatic heterocycles. The van der Waals surface area contributed by atoms with Crippen molar-refractivity contribution in [3.05, 3.63) is 58.1 Å². The maximum atomic E-state index is 12.9. The quantitative estimate of drug-likeness (QED) is 0.635. The Balaban J connectivity index is 1.77. The zero-order valence-electron chi connectivity index (χ0n) is 14.1. The molecular formula is C19H13ClN2O5. The van der Waals surface area contributed by atoms with Gasteiger partial charge in [0.2, 0.25) is 6.79 Å². The number of aryl methyl sites for hydroxylation is 1. The summed E-state index contributed by atoms with van der Waals surface area (Å²) in [6.07, 6.45) is 1.33. The molecule has 1 fully saturated rings. The highest BCUT2D eigenvalue weighted by Gasteiger charge is 2.37. The minimum Gasteiger partial charge on any atom is -0.454 e. The van der Waals surface area contributed by atoms with Crippen molar-refractivity contribution in [2.24, 2.45) is 0 Å². The van der Waals surface area contributed by atoms with Gasteiger partial charge in [-0.3, -0.25) is 14.9 Å². The number of urea groups is 1. The van der Waals surface area contributed by atoms with E-state index < -0.39 is 17.8 Å². The lowest BCUT2D eigenvalue weighted by molar-refractivity contribution is -0.122. The van der Waals surface area contributed by atoms with Gasteiger partial charge < -0.3 is 9.47 Å². The molecular weight excluding hydrogens is 372 g/mol. The second kappa shape index (κ2) is 6.44. The number of benzene rings is 2. The molecule has 0 unspecified atom stereocenters. The topological polar surface area (TPSA) is 84.9 Å². The molecule has 2 aromatic carbocycles. The van der Waals surface area contributed by atoms with Crippen LogP contribution < -0.4 is 19.7 Å². The number of fused-ring (bicyclic) bond motifs is 1. The predicted molar refractivity (Wildman–Crippen MR) is 97.8 cm³/mol. The molecule has 2 aromatic rings. The van der Waals surface area contributed by atoms with Crippen molar-refractivity contribution in [2.75, 3.05) is 11.7 Å². The van der Waals surface area contributed by atoms with Crippen LogP contribution in [0.4, 0.5) is 10.5 Å². The summed E-state index contributed by atoms with van der Waals surface area (Å²) in [4.78, 5) is 38.4. The van der Waals surface area contributed by atoms with E-state index in [4.69, 9.17) is 21.1 Å². The first-order chi connectivity index (χ1) is 13.0. The number of rotatable bonds is 2. The molecule has 0 radical (unpaired) electrons. The van der Waals surface area contributed by atoms with Crippen LogP contribution >= 0.6 is 11.6 Å². The lowest BCUT2D eigenvalue weighted by Crippen LogP contribution is -2.54. The van der Waals surface area contributed by atoms with E-state index in [2.05, 4.69) is 5.32 Å². The molecule has 136 valence electrons. The zero-order chi connectivity index (χ0) is 19.1. The minimum atomic E-state index is -0.798. The van der Waals surface area contributed by atoms with Gasteiger partial charge in [-0.25, -0.2) is 9.69 Å². The van der Waals surface area contributed by atoms with Gasteiger partial charge in [0.25, 0.3) is 11.8 Å². The Bertz CT molecular complexity index is 1030. The van der Waals surface area contributed by atoms with Crippen LogP contribution in [0, 0.1) is 6.92 Å². The number of hydrogen-bond donors (Lipinski definition) is 1. The second-order valence-electron chi connectivity index (χ2n) is 5.97. The third kappa shape index (κ3) is 2.92. The fraction of sp³-hybridized carbons (Fsp3) is 0.105. The van der Waals surface area contributed by atoms with Crippen molar-refractivity contribution < 1.29 is 23.9 Å². The molecule has 8 heteroatoms. The smallest absolute Gasteiger partial charge is 0.335 e. The molecule has 0 saturated carbocycles. The highest BCUT2D eigenvalue weighted by molar-refractivity contribution is 6.40. The number of carbonyl (C=O) groups is 3. The van der Waals surface area contributed by atoms with Crippen LogP contribution in [0.5, 0.6) is 11.5 Å². The molecule has 0 atom stereocenters. The SMILES string of the molecule is Cc1ccccc1N1C(=O)NC(=O)/C(=C\c2cc3c(cc2Cl)OCO3)C1=O. The molecule has 0 aliphatic carbocycles. The molecule has 4 rings (SSSR count). The van der Waals surface area contributed by atoms with Crippen molar-refractivity contribution in [3.63, 3.8) is 0 Å². The van der Waals surface area contributed by atoms with E-state index in [0.29, 0.717) is 22.7 Å². The number of carbonyl (C=O) groups excluding carboxylic acids is 3. The number of ether oxygens (including phenoxy) is 2. The summed E-state index contributed by atoms with van der Waals surface area (Å²) >= 11 is 6.23. The van der Waals surface area contributed by atoms with E-state index in [1.165, 1.54) is 6.08 Å². The zero-order valence-corrected chi connectivity index (χ0v) is 14.9. The van der Waals surface area contributed by atoms with Crippen LogP contribution in [0.2, 0.25) is 5.02 Å². The molecule has 1 saturated heterocycles. The third-order valence-corrected chi connectivity index (χ3v) is 4.58. The fourth-order valence-corrected chi connectivity index (χ4v) is 3.10. The van der Waals surface area contributed by atoms with Gasteiger partial charge in [0, 0.05) is 6.07 Å². The van der Waals surface area contributed by atoms with Crippen LogP contribution in [0.15, 0.2) is 42.0 Å². The number of nitrogens with zero attached hydrogens (tertiary/aromatic N) is 1. The largest absolute Gasteiger partial charge is 0.454 e. The third-order valence-electron chi connectivity index (χ3n) is 4.25. The molecule has 2 heterocycles. The van der Waals surface area contributed by atoms with Crippen molar-refractivity contribution in [1.29, 1.82) is 0 Å². The lowest BCUT2D eigenvalue weighted by Gasteiger charge is -2.27. The number of hydrogen-bond acceptors (Lipinski definition) is 5. The van der Waals surface area contributed by atoms with E-state index in [9.17, 15) is 14.4 Å². The molecule has 7 nitrogen and oxygen atoms in total. The van der Waals surface area contributed by atoms with E-state index in [1.54, 1.807) is 43.3 Å². The standard InChI is InChI=1S/C19H13ClN2O5/c1-10-4-2-3-5-14(10)22-18(24)12(17(23)21-19(22)25)6-11-7-15-16(8-13(11)20)27-9-26-15/h2-8H,9H2,1H3,(H,21,23,25)/b12-6+. The summed E-state index contributed by atoms with van der Waals surface area (Å²) < 4.78 is 10.5. The van der Waals surface area contributed by atoms with Crippen LogP contribution in [-0.4, -0.2) is 24.6 Å². The molecule has 0 aromatic heterocycles. The first kappa shape index (κ1) is 17.1. The van der Waals surface area contributed by atoms with Crippen molar-refractivity contribution in [2.45, 2.75) is 6.92 Å². The predicted octanol–water partition coefficient (Wildman–Crippen LogP) is 3.04. The van der Waals surface area contributed by atoms with E-state index in [-0.39, 0.29) is 17.4 Å². The summed E-state index contributed by atoms with van der Waals surface area (Å²) in [6.45, 7) is 1.84. The van der Waals surface area contributed by atoms with E-state index in [1.807, 2.05) is 0 Å². The number of barbiturate groups is 1. The van der Waals surface area contributed by atoms with E-state index in [0.717, 1.165) is 10.5 Å². The van der Waals surface area contributed by atoms with Gasteiger partial charge in [0.15, 0.2) is 11.5 Å². The Morgan fingerprint density at radius 2 is 1.81 bits per heavy atom. The van der Waals surface area contributed by atoms with Gasteiger partial charge in [-0.2, -0.15) is 0 Å². The molecule has 27 heavy (non-hydrogen) atoms. The summed E-state index contributed by atoms with van der Waals surface area (Å²) in [5.74, 6) is -0.574. The highest BCUT2D eigenvalue weighted by Crippen LogP contribution is 2.38. The Kier molecular flexibility index (Phi) is 4.08. The van der Waals surface area contributed by atoms with Gasteiger partial charge >= 0.3 is 6.03 Å². The fourth-order valence-electron chi connectivity index (χ4n) is 2.89. The maximum Gasteiger partial charge on any atom is 0.335 e. The monoisotopic (exact) mass is 384 g/mol. The first-order valence-electron chi connectivity index (χ1n) is 8.02. The number of imide groups is 2. The summed E-state index contributed by atoms with van der Waals surface area (Å²) in [6, 6.07) is 9.22. The molecule has 4 amide bonds. The van der Waals surface area contributed by atoms with Crippen molar-refractivity contribution in [1.82, 2.24) is 5.32 Å². The number of anilines is 1. The lowest BCUT2D eigenvalue weighted by atomic mass is 10.1. The van der Waals surface area contributed by atoms with E-state index >= 15 is 0 Å². The number of amides is 4. The molecule has 0 bridgehead atoms. The molecule has 1 N–H and O–H groups in total. The Morgan fingerprint density at radius 3 is 2.56 bits per heavy atom. The first-order valence-corrected chi connectivity index (χ1v) is 8.40. The molecule has 2 aliphatic rings. The Labute approximate surface area is 159 Å². The van der Waals surface area contributed by atoms with Gasteiger partial charge in [-0.1, -0.05) is 29.8 Å². The van der Waals surface area contributed by atoms with Crippen molar-refractivity contribution in [3.8, 4) is 11.5 Å². The van der Waals surface area contributed by atoms with Crippen LogP contribution in [-0.2, 0) is 9.59 Å². The van der Waals surface area contributed by atoms with Gasteiger partial charge in [-0.05, 0) is 36.3 Å². The highest BCUT2D eigenvalue weighted by atomic mass is 35.5.